The monoisotopic (exact) mass is 381 g/mol. The second-order valence-corrected chi connectivity index (χ2v) is 6.10. The van der Waals surface area contributed by atoms with Gasteiger partial charge in [0.15, 0.2) is 0 Å². The molecule has 0 spiro atoms. The number of rotatable bonds is 8. The van der Waals surface area contributed by atoms with E-state index in [1.54, 1.807) is 0 Å². The van der Waals surface area contributed by atoms with E-state index in [9.17, 15) is 4.79 Å². The minimum atomic E-state index is -0.833. The molecule has 1 aliphatic rings. The minimum Gasteiger partial charge on any atom is -0.494 e. The summed E-state index contributed by atoms with van der Waals surface area (Å²) in [7, 11) is 0. The number of urea groups is 1. The molecular weight excluding hydrogens is 350 g/mol. The Morgan fingerprint density at radius 2 is 2.15 bits per heavy atom. The third-order valence-corrected chi connectivity index (χ3v) is 3.57. The van der Waals surface area contributed by atoms with Gasteiger partial charge in [-0.3, -0.25) is 4.79 Å². The SMILES string of the molecule is CC(=O)O.CCCOc1cccc(CCNC(=O)NCC2CNCCO2)c1. The minimum absolute atomic E-state index is 0.0573. The predicted molar refractivity (Wildman–Crippen MR) is 103 cm³/mol. The molecule has 0 radical (unpaired) electrons. The smallest absolute Gasteiger partial charge is 0.314 e. The molecular formula is C19H31N3O5. The zero-order valence-electron chi connectivity index (χ0n) is 16.1. The Balaban J connectivity index is 0.000000828. The van der Waals surface area contributed by atoms with Crippen molar-refractivity contribution in [1.82, 2.24) is 16.0 Å². The van der Waals surface area contributed by atoms with E-state index in [-0.39, 0.29) is 12.1 Å². The second kappa shape index (κ2) is 13.8. The molecule has 1 atom stereocenters. The third kappa shape index (κ3) is 11.8. The molecule has 27 heavy (non-hydrogen) atoms. The van der Waals surface area contributed by atoms with Gasteiger partial charge in [-0.05, 0) is 30.5 Å². The van der Waals surface area contributed by atoms with Crippen LogP contribution in [0.4, 0.5) is 4.79 Å². The van der Waals surface area contributed by atoms with Crippen LogP contribution >= 0.6 is 0 Å². The molecule has 8 heteroatoms. The van der Waals surface area contributed by atoms with Crippen LogP contribution in [0, 0.1) is 0 Å². The molecule has 0 bridgehead atoms. The van der Waals surface area contributed by atoms with Crippen LogP contribution in [0.1, 0.15) is 25.8 Å². The molecule has 1 unspecified atom stereocenters. The lowest BCUT2D eigenvalue weighted by molar-refractivity contribution is -0.134. The number of nitrogens with one attached hydrogen (secondary N) is 3. The fourth-order valence-electron chi connectivity index (χ4n) is 2.35. The molecule has 152 valence electrons. The summed E-state index contributed by atoms with van der Waals surface area (Å²) < 4.78 is 11.1. The van der Waals surface area contributed by atoms with Crippen LogP contribution in [0.25, 0.3) is 0 Å². The van der Waals surface area contributed by atoms with Gasteiger partial charge < -0.3 is 30.5 Å². The van der Waals surface area contributed by atoms with Gasteiger partial charge in [-0.15, -0.1) is 0 Å². The van der Waals surface area contributed by atoms with Crippen LogP contribution in [0.5, 0.6) is 5.75 Å². The normalized spacial score (nSPS) is 15.9. The lowest BCUT2D eigenvalue weighted by Crippen LogP contribution is -2.47. The van der Waals surface area contributed by atoms with Crippen molar-refractivity contribution in [3.63, 3.8) is 0 Å². The number of benzene rings is 1. The number of carboxylic acids is 1. The molecule has 2 amide bonds. The van der Waals surface area contributed by atoms with Crippen LogP contribution in [-0.4, -0.2) is 62.6 Å². The molecule has 8 nitrogen and oxygen atoms in total. The molecule has 1 aromatic rings. The van der Waals surface area contributed by atoms with Gasteiger partial charge in [0.2, 0.25) is 0 Å². The van der Waals surface area contributed by atoms with E-state index in [4.69, 9.17) is 19.4 Å². The van der Waals surface area contributed by atoms with E-state index in [0.29, 0.717) is 19.7 Å². The maximum absolute atomic E-state index is 11.8. The van der Waals surface area contributed by atoms with Crippen molar-refractivity contribution in [2.45, 2.75) is 32.8 Å². The molecule has 0 aromatic heterocycles. The van der Waals surface area contributed by atoms with Gasteiger partial charge in [0, 0.05) is 33.1 Å². The van der Waals surface area contributed by atoms with Crippen molar-refractivity contribution < 1.29 is 24.2 Å². The highest BCUT2D eigenvalue weighted by molar-refractivity contribution is 5.73. The first kappa shape index (κ1) is 22.7. The van der Waals surface area contributed by atoms with Gasteiger partial charge in [-0.25, -0.2) is 4.79 Å². The van der Waals surface area contributed by atoms with E-state index in [0.717, 1.165) is 50.8 Å². The fourth-order valence-corrected chi connectivity index (χ4v) is 2.35. The number of hydrogen-bond acceptors (Lipinski definition) is 5. The van der Waals surface area contributed by atoms with Crippen molar-refractivity contribution in [1.29, 1.82) is 0 Å². The van der Waals surface area contributed by atoms with E-state index >= 15 is 0 Å². The number of carboxylic acid groups (broad SMARTS) is 1. The summed E-state index contributed by atoms with van der Waals surface area (Å²) in [6, 6.07) is 7.85. The zero-order chi connectivity index (χ0) is 19.9. The largest absolute Gasteiger partial charge is 0.494 e. The Kier molecular flexibility index (Phi) is 11.6. The quantitative estimate of drug-likeness (QED) is 0.542. The first-order valence-electron chi connectivity index (χ1n) is 9.26. The van der Waals surface area contributed by atoms with Gasteiger partial charge in [0.1, 0.15) is 5.75 Å². The summed E-state index contributed by atoms with van der Waals surface area (Å²) in [5, 5.41) is 16.4. The number of carbonyl (C=O) groups is 2. The van der Waals surface area contributed by atoms with Crippen LogP contribution in [0.3, 0.4) is 0 Å². The summed E-state index contributed by atoms with van der Waals surface area (Å²) in [5.74, 6) is 0.0516. The van der Waals surface area contributed by atoms with Crippen LogP contribution < -0.4 is 20.7 Å². The Morgan fingerprint density at radius 3 is 2.81 bits per heavy atom. The number of carbonyl (C=O) groups excluding carboxylic acids is 1. The molecule has 1 heterocycles. The van der Waals surface area contributed by atoms with E-state index in [2.05, 4.69) is 22.9 Å². The van der Waals surface area contributed by atoms with Gasteiger partial charge in [-0.2, -0.15) is 0 Å². The van der Waals surface area contributed by atoms with Gasteiger partial charge >= 0.3 is 6.03 Å². The molecule has 1 saturated heterocycles. The first-order valence-corrected chi connectivity index (χ1v) is 9.26. The van der Waals surface area contributed by atoms with Crippen molar-refractivity contribution >= 4 is 12.0 Å². The zero-order valence-corrected chi connectivity index (χ0v) is 16.1. The standard InChI is InChI=1S/C17H27N3O3.C2H4O2/c1-2-9-22-15-5-3-4-14(11-15)6-7-19-17(21)20-13-16-12-18-8-10-23-16;1-2(3)4/h3-5,11,16,18H,2,6-10,12-13H2,1H3,(H2,19,20,21);1H3,(H,3,4). The van der Waals surface area contributed by atoms with Gasteiger partial charge in [-0.1, -0.05) is 19.1 Å². The summed E-state index contributed by atoms with van der Waals surface area (Å²) in [4.78, 5) is 20.8. The predicted octanol–water partition coefficient (Wildman–Crippen LogP) is 1.40. The summed E-state index contributed by atoms with van der Waals surface area (Å²) in [6.45, 7) is 7.37. The van der Waals surface area contributed by atoms with Crippen LogP contribution in [0.15, 0.2) is 24.3 Å². The summed E-state index contributed by atoms with van der Waals surface area (Å²) in [5.41, 5.74) is 1.15. The highest BCUT2D eigenvalue weighted by atomic mass is 16.5. The summed E-state index contributed by atoms with van der Waals surface area (Å²) >= 11 is 0. The van der Waals surface area contributed by atoms with E-state index in [1.165, 1.54) is 0 Å². The molecule has 0 saturated carbocycles. The number of morpholine rings is 1. The van der Waals surface area contributed by atoms with Gasteiger partial charge in [0.05, 0.1) is 19.3 Å². The number of aliphatic carboxylic acids is 1. The summed E-state index contributed by atoms with van der Waals surface area (Å²) in [6.07, 6.45) is 1.83. The number of ether oxygens (including phenoxy) is 2. The Bertz CT molecular complexity index is 558. The van der Waals surface area contributed by atoms with Gasteiger partial charge in [0.25, 0.3) is 5.97 Å². The Labute approximate surface area is 160 Å². The fraction of sp³-hybridized carbons (Fsp3) is 0.579. The Hall–Kier alpha value is -2.32. The molecule has 4 N–H and O–H groups in total. The van der Waals surface area contributed by atoms with E-state index in [1.807, 2.05) is 24.3 Å². The highest BCUT2D eigenvalue weighted by Gasteiger charge is 2.13. The second-order valence-electron chi connectivity index (χ2n) is 6.10. The molecule has 2 rings (SSSR count). The van der Waals surface area contributed by atoms with Crippen LogP contribution in [-0.2, 0) is 16.0 Å². The maximum Gasteiger partial charge on any atom is 0.314 e. The molecule has 0 aliphatic carbocycles. The first-order chi connectivity index (χ1) is 13.0. The lowest BCUT2D eigenvalue weighted by Gasteiger charge is -2.23. The van der Waals surface area contributed by atoms with Crippen LogP contribution in [0.2, 0.25) is 0 Å². The number of hydrogen-bond donors (Lipinski definition) is 4. The topological polar surface area (TPSA) is 109 Å². The number of amides is 2. The molecule has 1 aliphatic heterocycles. The average molecular weight is 381 g/mol. The van der Waals surface area contributed by atoms with E-state index < -0.39 is 5.97 Å². The maximum atomic E-state index is 11.8. The molecule has 1 aromatic carbocycles. The van der Waals surface area contributed by atoms with Crippen molar-refractivity contribution in [3.05, 3.63) is 29.8 Å². The van der Waals surface area contributed by atoms with Crippen molar-refractivity contribution in [3.8, 4) is 5.75 Å². The Morgan fingerprint density at radius 1 is 1.37 bits per heavy atom. The average Bonchev–Trinajstić information content (AvgIpc) is 2.65. The highest BCUT2D eigenvalue weighted by Crippen LogP contribution is 2.13. The van der Waals surface area contributed by atoms with Crippen molar-refractivity contribution in [2.24, 2.45) is 0 Å². The third-order valence-electron chi connectivity index (χ3n) is 3.57. The molecule has 1 fully saturated rings. The lowest BCUT2D eigenvalue weighted by atomic mass is 10.1. The van der Waals surface area contributed by atoms with Crippen molar-refractivity contribution in [2.75, 3.05) is 39.4 Å².